The Hall–Kier alpha value is -5.17. The van der Waals surface area contributed by atoms with E-state index in [0.717, 1.165) is 10.6 Å². The Labute approximate surface area is 238 Å². The van der Waals surface area contributed by atoms with Crippen LogP contribution in [-0.4, -0.2) is 54.6 Å². The molecule has 0 fully saturated rings. The van der Waals surface area contributed by atoms with Crippen LogP contribution in [0.15, 0.2) is 71.4 Å². The minimum absolute atomic E-state index is 0.178. The molecule has 10 nitrogen and oxygen atoms in total. The van der Waals surface area contributed by atoms with Gasteiger partial charge in [0.2, 0.25) is 10.0 Å². The van der Waals surface area contributed by atoms with Gasteiger partial charge in [-0.2, -0.15) is 0 Å². The van der Waals surface area contributed by atoms with Crippen molar-refractivity contribution < 1.29 is 26.4 Å². The summed E-state index contributed by atoms with van der Waals surface area (Å²) < 4.78 is 59.9. The highest BCUT2D eigenvalue weighted by Crippen LogP contribution is 2.41. The first-order valence-electron chi connectivity index (χ1n) is 12.5. The molecule has 13 heteroatoms. The summed E-state index contributed by atoms with van der Waals surface area (Å²) in [6.07, 6.45) is 3.97. The molecule has 0 spiro atoms. The second-order valence-corrected chi connectivity index (χ2v) is 11.5. The molecule has 0 atom stereocenters. The summed E-state index contributed by atoms with van der Waals surface area (Å²) in [7, 11) is -0.899. The smallest absolute Gasteiger partial charge is 0.255 e. The second kappa shape index (κ2) is 10.0. The fourth-order valence-corrected chi connectivity index (χ4v) is 5.15. The topological polar surface area (TPSA) is 134 Å². The molecule has 0 aliphatic heterocycles. The number of anilines is 1. The summed E-state index contributed by atoms with van der Waals surface area (Å²) in [5, 5.41) is 2.98. The second-order valence-electron chi connectivity index (χ2n) is 9.52. The molecule has 3 aromatic heterocycles. The molecule has 0 aliphatic rings. The lowest BCUT2D eigenvalue weighted by molar-refractivity contribution is 0.0964. The Balaban J connectivity index is 1.60. The van der Waals surface area contributed by atoms with Crippen molar-refractivity contribution in [3.05, 3.63) is 84.2 Å². The van der Waals surface area contributed by atoms with Gasteiger partial charge in [-0.1, -0.05) is 0 Å². The standard InChI is InChI=1S/C29H22F2N6O4S/c1-32-29(38)26-19-11-18(22-13-33-14-23(34-22)28-35-20-9-8-17(31)10-21(20)36-28)24(37(2)42(3,39)40)12-25(19)41-27(26)15-4-6-16(30)7-5-15/h4-14H,1-3H3,(H,32,38)(H,35,36). The van der Waals surface area contributed by atoms with E-state index in [-0.39, 0.29) is 28.3 Å². The minimum atomic E-state index is -3.75. The van der Waals surface area contributed by atoms with E-state index in [0.29, 0.717) is 39.1 Å². The zero-order valence-electron chi connectivity index (χ0n) is 22.4. The maximum absolute atomic E-state index is 13.7. The Morgan fingerprint density at radius 2 is 1.69 bits per heavy atom. The fraction of sp³-hybridized carbons (Fsp3) is 0.103. The number of fused-ring (bicyclic) bond motifs is 2. The summed E-state index contributed by atoms with van der Waals surface area (Å²) in [5.41, 5.74) is 3.01. The number of aromatic nitrogens is 4. The van der Waals surface area contributed by atoms with Crippen LogP contribution in [0.4, 0.5) is 14.5 Å². The number of rotatable bonds is 6. The van der Waals surface area contributed by atoms with Crippen LogP contribution in [0.2, 0.25) is 0 Å². The number of halogens is 2. The van der Waals surface area contributed by atoms with Crippen LogP contribution in [0.1, 0.15) is 10.4 Å². The number of amides is 1. The van der Waals surface area contributed by atoms with E-state index in [4.69, 9.17) is 4.42 Å². The number of benzene rings is 3. The highest BCUT2D eigenvalue weighted by molar-refractivity contribution is 7.92. The van der Waals surface area contributed by atoms with Gasteiger partial charge in [-0.05, 0) is 48.5 Å². The molecule has 1 amide bonds. The Morgan fingerprint density at radius 1 is 0.976 bits per heavy atom. The summed E-state index contributed by atoms with van der Waals surface area (Å²) in [5.74, 6) is -0.825. The van der Waals surface area contributed by atoms with E-state index in [1.807, 2.05) is 0 Å². The van der Waals surface area contributed by atoms with Gasteiger partial charge in [0, 0.05) is 36.7 Å². The predicted molar refractivity (Wildman–Crippen MR) is 154 cm³/mol. The van der Waals surface area contributed by atoms with Crippen LogP contribution >= 0.6 is 0 Å². The molecule has 0 saturated heterocycles. The lowest BCUT2D eigenvalue weighted by atomic mass is 10.0. The van der Waals surface area contributed by atoms with Crippen molar-refractivity contribution >= 4 is 43.6 Å². The number of imidazole rings is 1. The predicted octanol–water partition coefficient (Wildman–Crippen LogP) is 5.13. The molecule has 212 valence electrons. The zero-order valence-corrected chi connectivity index (χ0v) is 23.3. The van der Waals surface area contributed by atoms with Crippen LogP contribution in [-0.2, 0) is 10.0 Å². The number of H-pyrrole nitrogens is 1. The first-order chi connectivity index (χ1) is 20.0. The van der Waals surface area contributed by atoms with Crippen molar-refractivity contribution in [2.24, 2.45) is 0 Å². The van der Waals surface area contributed by atoms with E-state index in [9.17, 15) is 22.0 Å². The molecule has 0 unspecified atom stereocenters. The monoisotopic (exact) mass is 588 g/mol. The van der Waals surface area contributed by atoms with Crippen molar-refractivity contribution in [2.45, 2.75) is 0 Å². The lowest BCUT2D eigenvalue weighted by Gasteiger charge is -2.20. The third kappa shape index (κ3) is 4.73. The van der Waals surface area contributed by atoms with Crippen molar-refractivity contribution in [3.8, 4) is 34.1 Å². The molecule has 0 bridgehead atoms. The Bertz CT molecular complexity index is 2120. The Kier molecular flexibility index (Phi) is 6.45. The number of sulfonamides is 1. The largest absolute Gasteiger partial charge is 0.455 e. The number of hydrogen-bond acceptors (Lipinski definition) is 7. The number of aromatic amines is 1. The average molecular weight is 589 g/mol. The summed E-state index contributed by atoms with van der Waals surface area (Å²) >= 11 is 0. The Morgan fingerprint density at radius 3 is 2.40 bits per heavy atom. The van der Waals surface area contributed by atoms with Crippen LogP contribution in [0, 0.1) is 11.6 Å². The van der Waals surface area contributed by atoms with Crippen molar-refractivity contribution in [1.82, 2.24) is 25.3 Å². The number of hydrogen-bond donors (Lipinski definition) is 2. The third-order valence-electron chi connectivity index (χ3n) is 6.80. The number of carbonyl (C=O) groups excluding carboxylic acids is 1. The molecule has 3 aromatic carbocycles. The average Bonchev–Trinajstić information content (AvgIpc) is 3.56. The van der Waals surface area contributed by atoms with E-state index >= 15 is 0 Å². The molecular weight excluding hydrogens is 566 g/mol. The van der Waals surface area contributed by atoms with Gasteiger partial charge in [0.25, 0.3) is 5.91 Å². The first kappa shape index (κ1) is 27.0. The van der Waals surface area contributed by atoms with Gasteiger partial charge in [0.1, 0.15) is 28.7 Å². The van der Waals surface area contributed by atoms with Crippen LogP contribution in [0.25, 0.3) is 56.1 Å². The normalized spacial score (nSPS) is 11.7. The van der Waals surface area contributed by atoms with Gasteiger partial charge in [-0.3, -0.25) is 14.1 Å². The van der Waals surface area contributed by atoms with Gasteiger partial charge in [-0.15, -0.1) is 0 Å². The van der Waals surface area contributed by atoms with E-state index < -0.39 is 27.6 Å². The maximum atomic E-state index is 13.7. The quantitative estimate of drug-likeness (QED) is 0.275. The van der Waals surface area contributed by atoms with Crippen LogP contribution < -0.4 is 9.62 Å². The van der Waals surface area contributed by atoms with Gasteiger partial charge < -0.3 is 14.7 Å². The van der Waals surface area contributed by atoms with Gasteiger partial charge in [-0.25, -0.2) is 27.2 Å². The fourth-order valence-electron chi connectivity index (χ4n) is 4.64. The minimum Gasteiger partial charge on any atom is -0.455 e. The van der Waals surface area contributed by atoms with Crippen molar-refractivity contribution in [1.29, 1.82) is 0 Å². The van der Waals surface area contributed by atoms with Crippen LogP contribution in [0.3, 0.4) is 0 Å². The lowest BCUT2D eigenvalue weighted by Crippen LogP contribution is -2.25. The number of furan rings is 1. The van der Waals surface area contributed by atoms with E-state index in [1.54, 1.807) is 6.07 Å². The summed E-state index contributed by atoms with van der Waals surface area (Å²) in [6.45, 7) is 0. The maximum Gasteiger partial charge on any atom is 0.255 e. The van der Waals surface area contributed by atoms with Gasteiger partial charge in [0.05, 0.1) is 46.6 Å². The van der Waals surface area contributed by atoms with Crippen LogP contribution in [0.5, 0.6) is 0 Å². The molecular formula is C29H22F2N6O4S. The zero-order chi connectivity index (χ0) is 29.8. The molecule has 42 heavy (non-hydrogen) atoms. The third-order valence-corrected chi connectivity index (χ3v) is 7.99. The molecule has 2 N–H and O–H groups in total. The number of nitrogens with one attached hydrogen (secondary N) is 2. The number of carbonyl (C=O) groups is 1. The highest BCUT2D eigenvalue weighted by atomic mass is 32.2. The van der Waals surface area contributed by atoms with Gasteiger partial charge >= 0.3 is 0 Å². The highest BCUT2D eigenvalue weighted by Gasteiger charge is 2.26. The molecule has 0 saturated carbocycles. The first-order valence-corrected chi connectivity index (χ1v) is 14.4. The van der Waals surface area contributed by atoms with Crippen molar-refractivity contribution in [3.63, 3.8) is 0 Å². The molecule has 6 aromatic rings. The SMILES string of the molecule is CNC(=O)c1c(-c2ccc(F)cc2)oc2cc(N(C)S(C)(=O)=O)c(-c3cncc(-c4nc5ccc(F)cc5[nH]4)n3)cc12. The van der Waals surface area contributed by atoms with E-state index in [2.05, 4.69) is 25.3 Å². The summed E-state index contributed by atoms with van der Waals surface area (Å²) in [4.78, 5) is 29.6. The molecule has 6 rings (SSSR count). The van der Waals surface area contributed by atoms with Gasteiger partial charge in [0.15, 0.2) is 5.82 Å². The molecule has 0 aliphatic carbocycles. The molecule has 3 heterocycles. The summed E-state index contributed by atoms with van der Waals surface area (Å²) in [6, 6.07) is 12.7. The number of nitrogens with zero attached hydrogens (tertiary/aromatic N) is 4. The van der Waals surface area contributed by atoms with E-state index in [1.165, 1.54) is 75.0 Å². The molecule has 0 radical (unpaired) electrons. The van der Waals surface area contributed by atoms with Crippen molar-refractivity contribution in [2.75, 3.05) is 24.7 Å².